The van der Waals surface area contributed by atoms with Crippen molar-refractivity contribution in [2.24, 2.45) is 5.73 Å². The third-order valence-corrected chi connectivity index (χ3v) is 0.348. The van der Waals surface area contributed by atoms with Crippen LogP contribution in [0.15, 0.2) is 0 Å². The Labute approximate surface area is 97.2 Å². The molecular formula is C8H21NOY-2. The summed E-state index contributed by atoms with van der Waals surface area (Å²) >= 11 is 0. The average molecular weight is 236 g/mol. The number of nitrogens with two attached hydrogens (primary N) is 1. The van der Waals surface area contributed by atoms with Gasteiger partial charge in [0.2, 0.25) is 5.91 Å². The number of primary amides is 1. The molecule has 0 aromatic rings. The Hall–Kier alpha value is 0.574. The van der Waals surface area contributed by atoms with Crippen molar-refractivity contribution in [2.45, 2.75) is 34.6 Å². The summed E-state index contributed by atoms with van der Waals surface area (Å²) in [5.41, 5.74) is 4.65. The summed E-state index contributed by atoms with van der Waals surface area (Å²) in [7, 11) is 0. The van der Waals surface area contributed by atoms with E-state index in [9.17, 15) is 4.79 Å². The maximum Gasteiger partial charge on any atom is 0.217 e. The van der Waals surface area contributed by atoms with Crippen molar-refractivity contribution < 1.29 is 37.5 Å². The number of hydrogen-bond acceptors (Lipinski definition) is 1. The van der Waals surface area contributed by atoms with Crippen LogP contribution >= 0.6 is 0 Å². The molecule has 0 aliphatic heterocycles. The van der Waals surface area contributed by atoms with Crippen LogP contribution in [0, 0.1) is 13.8 Å². The number of hydrogen-bond donors (Lipinski definition) is 1. The number of carbonyl (C=O) groups is 1. The zero-order valence-electron chi connectivity index (χ0n) is 7.18. The topological polar surface area (TPSA) is 43.1 Å². The molecule has 0 rings (SSSR count). The third kappa shape index (κ3) is 117. The summed E-state index contributed by atoms with van der Waals surface area (Å²) in [4.78, 5) is 9.59. The van der Waals surface area contributed by atoms with Gasteiger partial charge in [-0.05, 0) is 0 Å². The Morgan fingerprint density at radius 3 is 1.36 bits per heavy atom. The summed E-state index contributed by atoms with van der Waals surface area (Å²) in [6, 6.07) is 0. The quantitative estimate of drug-likeness (QED) is 0.697. The Morgan fingerprint density at radius 1 is 1.27 bits per heavy atom. The minimum Gasteiger partial charge on any atom is -0.370 e. The van der Waals surface area contributed by atoms with E-state index in [1.165, 1.54) is 0 Å². The van der Waals surface area contributed by atoms with Gasteiger partial charge in [-0.15, -0.1) is 0 Å². The average Bonchev–Trinajstić information content (AvgIpc) is 1.97. The Balaban J connectivity index is -0.0000000178. The van der Waals surface area contributed by atoms with Crippen LogP contribution < -0.4 is 5.73 Å². The molecule has 3 heteroatoms. The molecule has 0 aromatic carbocycles. The van der Waals surface area contributed by atoms with Gasteiger partial charge in [-0.2, -0.15) is 13.8 Å². The van der Waals surface area contributed by atoms with E-state index in [-0.39, 0.29) is 46.0 Å². The second-order valence-corrected chi connectivity index (χ2v) is 0.820. The van der Waals surface area contributed by atoms with Crippen molar-refractivity contribution in [3.8, 4) is 0 Å². The molecule has 0 aliphatic rings. The first-order valence-electron chi connectivity index (χ1n) is 2.97. The van der Waals surface area contributed by atoms with Crippen LogP contribution in [0.4, 0.5) is 0 Å². The van der Waals surface area contributed by atoms with E-state index in [1.54, 1.807) is 20.8 Å². The summed E-state index contributed by atoms with van der Waals surface area (Å²) in [5, 5.41) is 0. The minimum atomic E-state index is -0.245. The normalized spacial score (nSPS) is 4.45. The molecule has 1 amide bonds. The van der Waals surface area contributed by atoms with E-state index in [1.807, 2.05) is 0 Å². The summed E-state index contributed by atoms with van der Waals surface area (Å²) in [5.74, 6) is -0.245. The molecule has 0 heterocycles. The molecule has 69 valence electrons. The first-order valence-corrected chi connectivity index (χ1v) is 2.97. The molecule has 0 spiro atoms. The van der Waals surface area contributed by atoms with E-state index in [0.29, 0.717) is 6.42 Å². The molecule has 0 fully saturated rings. The van der Waals surface area contributed by atoms with Gasteiger partial charge in [-0.25, -0.2) is 0 Å². The van der Waals surface area contributed by atoms with Gasteiger partial charge in [0, 0.05) is 39.1 Å². The zero-order valence-corrected chi connectivity index (χ0v) is 10.0. The molecule has 2 N–H and O–H groups in total. The Morgan fingerprint density at radius 2 is 1.36 bits per heavy atom. The molecule has 0 saturated carbocycles. The second kappa shape index (κ2) is 46.3. The fourth-order valence-electron chi connectivity index (χ4n) is 0. The molecule has 1 radical (unpaired) electrons. The van der Waals surface area contributed by atoms with Gasteiger partial charge in [-0.3, -0.25) is 4.79 Å². The summed E-state index contributed by atoms with van der Waals surface area (Å²) < 4.78 is 0. The van der Waals surface area contributed by atoms with Gasteiger partial charge < -0.3 is 19.6 Å². The van der Waals surface area contributed by atoms with Gasteiger partial charge in [0.15, 0.2) is 0 Å². The standard InChI is InChI=1S/C3H7NO.2C2H5.CH4.Y/c1-2-3(4)5;2*1-2;;/h2H2,1H3,(H2,4,5);2*1H2,2H3;1H4;/q;2*-1;;. The van der Waals surface area contributed by atoms with Gasteiger partial charge in [0.05, 0.1) is 0 Å². The van der Waals surface area contributed by atoms with Gasteiger partial charge in [0.1, 0.15) is 0 Å². The molecule has 0 aliphatic carbocycles. The van der Waals surface area contributed by atoms with Crippen LogP contribution in [-0.4, -0.2) is 5.91 Å². The first kappa shape index (κ1) is 29.9. The van der Waals surface area contributed by atoms with Crippen molar-refractivity contribution in [3.63, 3.8) is 0 Å². The van der Waals surface area contributed by atoms with Crippen molar-refractivity contribution in [3.05, 3.63) is 13.8 Å². The van der Waals surface area contributed by atoms with Crippen LogP contribution in [0.3, 0.4) is 0 Å². The van der Waals surface area contributed by atoms with Crippen molar-refractivity contribution >= 4 is 5.91 Å². The number of rotatable bonds is 1. The first-order chi connectivity index (χ1) is 4.27. The summed E-state index contributed by atoms with van der Waals surface area (Å²) in [6.07, 6.45) is 0.444. The molecule has 0 bridgehead atoms. The third-order valence-electron chi connectivity index (χ3n) is 0.348. The van der Waals surface area contributed by atoms with Crippen LogP contribution in [-0.2, 0) is 37.5 Å². The fourth-order valence-corrected chi connectivity index (χ4v) is 0. The van der Waals surface area contributed by atoms with Crippen LogP contribution in [0.1, 0.15) is 34.6 Å². The van der Waals surface area contributed by atoms with Gasteiger partial charge >= 0.3 is 0 Å². The van der Waals surface area contributed by atoms with E-state index in [4.69, 9.17) is 0 Å². The van der Waals surface area contributed by atoms with Crippen LogP contribution in [0.2, 0.25) is 0 Å². The van der Waals surface area contributed by atoms with Crippen LogP contribution in [0.5, 0.6) is 0 Å². The minimum absolute atomic E-state index is 0. The van der Waals surface area contributed by atoms with E-state index in [0.717, 1.165) is 0 Å². The largest absolute Gasteiger partial charge is 0.370 e. The Bertz CT molecular complexity index is 49.4. The summed E-state index contributed by atoms with van der Waals surface area (Å²) in [6.45, 7) is 11.7. The predicted molar refractivity (Wildman–Crippen MR) is 48.3 cm³/mol. The second-order valence-electron chi connectivity index (χ2n) is 0.820. The molecule has 0 atom stereocenters. The molecule has 11 heavy (non-hydrogen) atoms. The van der Waals surface area contributed by atoms with E-state index >= 15 is 0 Å². The van der Waals surface area contributed by atoms with Gasteiger partial charge in [-0.1, -0.05) is 14.4 Å². The predicted octanol–water partition coefficient (Wildman–Crippen LogP) is 2.20. The smallest absolute Gasteiger partial charge is 0.217 e. The van der Waals surface area contributed by atoms with Crippen molar-refractivity contribution in [1.82, 2.24) is 0 Å². The molecule has 0 aromatic heterocycles. The zero-order chi connectivity index (χ0) is 8.28. The SMILES string of the molecule is C.CCC(N)=O.[CH2-]C.[CH2-]C.[Y]. The molecular weight excluding hydrogens is 215 g/mol. The number of carbonyl (C=O) groups excluding carboxylic acids is 1. The maximum atomic E-state index is 9.59. The van der Waals surface area contributed by atoms with Crippen LogP contribution in [0.25, 0.3) is 0 Å². The Kier molecular flexibility index (Phi) is 126. The van der Waals surface area contributed by atoms with Crippen molar-refractivity contribution in [1.29, 1.82) is 0 Å². The molecule has 0 saturated heterocycles. The van der Waals surface area contributed by atoms with E-state index < -0.39 is 0 Å². The monoisotopic (exact) mass is 236 g/mol. The van der Waals surface area contributed by atoms with E-state index in [2.05, 4.69) is 19.6 Å². The molecule has 0 unspecified atom stereocenters. The maximum absolute atomic E-state index is 9.59. The number of amides is 1. The molecule has 2 nitrogen and oxygen atoms in total. The fraction of sp³-hybridized carbons (Fsp3) is 0.625. The van der Waals surface area contributed by atoms with Crippen molar-refractivity contribution in [2.75, 3.05) is 0 Å². The van der Waals surface area contributed by atoms with Gasteiger partial charge in [0.25, 0.3) is 0 Å².